The molecule has 1 heterocycles. The number of piperidine rings is 1. The van der Waals surface area contributed by atoms with Crippen molar-refractivity contribution >= 4 is 5.91 Å². The molecule has 2 N–H and O–H groups in total. The molecule has 0 saturated carbocycles. The Morgan fingerprint density at radius 2 is 1.44 bits per heavy atom. The average molecular weight is 356 g/mol. The molecule has 1 saturated heterocycles. The van der Waals surface area contributed by atoms with Crippen molar-refractivity contribution in [2.75, 3.05) is 13.1 Å². The van der Waals surface area contributed by atoms with Gasteiger partial charge in [0.1, 0.15) is 0 Å². The number of amides is 1. The van der Waals surface area contributed by atoms with Gasteiger partial charge in [-0.1, -0.05) is 72.8 Å². The van der Waals surface area contributed by atoms with E-state index >= 15 is 0 Å². The van der Waals surface area contributed by atoms with Gasteiger partial charge in [0.2, 0.25) is 0 Å². The Bertz CT molecular complexity index is 883. The minimum absolute atomic E-state index is 0.0258. The molecule has 0 aromatic heterocycles. The first-order chi connectivity index (χ1) is 13.3. The second kappa shape index (κ2) is 7.77. The molecule has 0 radical (unpaired) electrons. The lowest BCUT2D eigenvalue weighted by Gasteiger charge is -2.39. The maximum absolute atomic E-state index is 13.0. The first-order valence-corrected chi connectivity index (χ1v) is 9.51. The molecule has 0 bridgehead atoms. The summed E-state index contributed by atoms with van der Waals surface area (Å²) in [4.78, 5) is 13.0. The van der Waals surface area contributed by atoms with Crippen molar-refractivity contribution in [3.05, 3.63) is 96.1 Å². The zero-order valence-corrected chi connectivity index (χ0v) is 15.3. The standard InChI is InChI=1S/C24H24N2O/c27-23(21-14-12-20(13-15-21)19-8-3-1-4-9-19)26-24(16-7-17-25-18-24)22-10-5-2-6-11-22/h1-6,8-15,25H,7,16-18H2,(H,26,27)/t24-/m1/s1. The van der Waals surface area contributed by atoms with E-state index in [1.54, 1.807) is 0 Å². The molecular weight excluding hydrogens is 332 g/mol. The molecule has 3 aromatic rings. The second-order valence-corrected chi connectivity index (χ2v) is 7.13. The maximum Gasteiger partial charge on any atom is 0.252 e. The van der Waals surface area contributed by atoms with Gasteiger partial charge in [-0.2, -0.15) is 0 Å². The molecule has 1 atom stereocenters. The first-order valence-electron chi connectivity index (χ1n) is 9.51. The lowest BCUT2D eigenvalue weighted by Crippen LogP contribution is -2.55. The highest BCUT2D eigenvalue weighted by atomic mass is 16.1. The molecule has 3 heteroatoms. The van der Waals surface area contributed by atoms with Gasteiger partial charge in [0.25, 0.3) is 5.91 Å². The van der Waals surface area contributed by atoms with Gasteiger partial charge in [0, 0.05) is 12.1 Å². The van der Waals surface area contributed by atoms with Crippen LogP contribution in [0.3, 0.4) is 0 Å². The highest BCUT2D eigenvalue weighted by Gasteiger charge is 2.35. The van der Waals surface area contributed by atoms with Gasteiger partial charge < -0.3 is 10.6 Å². The van der Waals surface area contributed by atoms with E-state index in [2.05, 4.69) is 34.9 Å². The molecule has 1 aliphatic rings. The van der Waals surface area contributed by atoms with E-state index in [0.717, 1.165) is 42.6 Å². The van der Waals surface area contributed by atoms with Gasteiger partial charge in [0.05, 0.1) is 5.54 Å². The van der Waals surface area contributed by atoms with E-state index in [1.165, 1.54) is 0 Å². The van der Waals surface area contributed by atoms with Crippen LogP contribution in [0, 0.1) is 0 Å². The van der Waals surface area contributed by atoms with Crippen LogP contribution in [0.1, 0.15) is 28.8 Å². The zero-order chi connectivity index (χ0) is 18.5. The van der Waals surface area contributed by atoms with Gasteiger partial charge in [-0.15, -0.1) is 0 Å². The lowest BCUT2D eigenvalue weighted by atomic mass is 9.82. The summed E-state index contributed by atoms with van der Waals surface area (Å²) in [6, 6.07) is 28.3. The zero-order valence-electron chi connectivity index (χ0n) is 15.3. The van der Waals surface area contributed by atoms with Crippen molar-refractivity contribution in [2.24, 2.45) is 0 Å². The third kappa shape index (κ3) is 3.79. The van der Waals surface area contributed by atoms with Crippen molar-refractivity contribution in [1.82, 2.24) is 10.6 Å². The Hall–Kier alpha value is -2.91. The molecule has 1 amide bonds. The van der Waals surface area contributed by atoms with Crippen LogP contribution >= 0.6 is 0 Å². The van der Waals surface area contributed by atoms with Crippen molar-refractivity contribution < 1.29 is 4.79 Å². The quantitative estimate of drug-likeness (QED) is 0.729. The SMILES string of the molecule is O=C(N[C@]1(c2ccccc2)CCCNC1)c1ccc(-c2ccccc2)cc1. The summed E-state index contributed by atoms with van der Waals surface area (Å²) in [5, 5.41) is 6.77. The average Bonchev–Trinajstić information content (AvgIpc) is 2.76. The molecule has 0 spiro atoms. The Morgan fingerprint density at radius 1 is 0.815 bits per heavy atom. The number of nitrogens with one attached hydrogen (secondary N) is 2. The van der Waals surface area contributed by atoms with E-state index in [4.69, 9.17) is 0 Å². The summed E-state index contributed by atoms with van der Waals surface area (Å²) in [5.74, 6) is -0.0258. The highest BCUT2D eigenvalue weighted by Crippen LogP contribution is 2.29. The fraction of sp³-hybridized carbons (Fsp3) is 0.208. The second-order valence-electron chi connectivity index (χ2n) is 7.13. The van der Waals surface area contributed by atoms with Crippen LogP contribution in [0.2, 0.25) is 0 Å². The molecule has 0 aliphatic carbocycles. The van der Waals surface area contributed by atoms with Crippen LogP contribution in [-0.2, 0) is 5.54 Å². The topological polar surface area (TPSA) is 41.1 Å². The monoisotopic (exact) mass is 356 g/mol. The van der Waals surface area contributed by atoms with Crippen molar-refractivity contribution in [3.8, 4) is 11.1 Å². The smallest absolute Gasteiger partial charge is 0.252 e. The fourth-order valence-electron chi connectivity index (χ4n) is 3.82. The fourth-order valence-corrected chi connectivity index (χ4v) is 3.82. The van der Waals surface area contributed by atoms with Gasteiger partial charge in [0.15, 0.2) is 0 Å². The highest BCUT2D eigenvalue weighted by molar-refractivity contribution is 5.95. The number of benzene rings is 3. The molecular formula is C24H24N2O. The Balaban J connectivity index is 1.56. The molecule has 3 nitrogen and oxygen atoms in total. The van der Waals surface area contributed by atoms with E-state index in [1.807, 2.05) is 60.7 Å². The van der Waals surface area contributed by atoms with Crippen LogP contribution < -0.4 is 10.6 Å². The number of hydrogen-bond donors (Lipinski definition) is 2. The number of hydrogen-bond acceptors (Lipinski definition) is 2. The predicted octanol–water partition coefficient (Wildman–Crippen LogP) is 4.36. The van der Waals surface area contributed by atoms with E-state index in [9.17, 15) is 4.79 Å². The Morgan fingerprint density at radius 3 is 2.07 bits per heavy atom. The summed E-state index contributed by atoms with van der Waals surface area (Å²) < 4.78 is 0. The molecule has 27 heavy (non-hydrogen) atoms. The normalized spacial score (nSPS) is 19.4. The predicted molar refractivity (Wildman–Crippen MR) is 110 cm³/mol. The van der Waals surface area contributed by atoms with E-state index < -0.39 is 0 Å². The molecule has 0 unspecified atom stereocenters. The van der Waals surface area contributed by atoms with Crippen molar-refractivity contribution in [2.45, 2.75) is 18.4 Å². The molecule has 1 aliphatic heterocycles. The van der Waals surface area contributed by atoms with Gasteiger partial charge >= 0.3 is 0 Å². The van der Waals surface area contributed by atoms with Gasteiger partial charge in [-0.05, 0) is 48.2 Å². The summed E-state index contributed by atoms with van der Waals surface area (Å²) in [7, 11) is 0. The van der Waals surface area contributed by atoms with Crippen LogP contribution in [0.25, 0.3) is 11.1 Å². The Kier molecular flexibility index (Phi) is 5.03. The minimum Gasteiger partial charge on any atom is -0.341 e. The summed E-state index contributed by atoms with van der Waals surface area (Å²) in [6.45, 7) is 1.75. The first kappa shape index (κ1) is 17.5. The summed E-state index contributed by atoms with van der Waals surface area (Å²) in [5.41, 5.74) is 3.77. The van der Waals surface area contributed by atoms with Crippen LogP contribution in [-0.4, -0.2) is 19.0 Å². The summed E-state index contributed by atoms with van der Waals surface area (Å²) >= 11 is 0. The van der Waals surface area contributed by atoms with Crippen molar-refractivity contribution in [3.63, 3.8) is 0 Å². The molecule has 1 fully saturated rings. The van der Waals surface area contributed by atoms with Crippen molar-refractivity contribution in [1.29, 1.82) is 0 Å². The number of carbonyl (C=O) groups is 1. The number of rotatable bonds is 4. The molecule has 4 rings (SSSR count). The Labute approximate surface area is 160 Å². The van der Waals surface area contributed by atoms with Crippen LogP contribution in [0.5, 0.6) is 0 Å². The molecule has 136 valence electrons. The third-order valence-electron chi connectivity index (χ3n) is 5.32. The van der Waals surface area contributed by atoms with Crippen LogP contribution in [0.15, 0.2) is 84.9 Å². The summed E-state index contributed by atoms with van der Waals surface area (Å²) in [6.07, 6.45) is 1.99. The van der Waals surface area contributed by atoms with Gasteiger partial charge in [-0.25, -0.2) is 0 Å². The third-order valence-corrected chi connectivity index (χ3v) is 5.32. The number of carbonyl (C=O) groups excluding carboxylic acids is 1. The van der Waals surface area contributed by atoms with Crippen LogP contribution in [0.4, 0.5) is 0 Å². The van der Waals surface area contributed by atoms with E-state index in [0.29, 0.717) is 5.56 Å². The largest absolute Gasteiger partial charge is 0.341 e. The van der Waals surface area contributed by atoms with E-state index in [-0.39, 0.29) is 11.4 Å². The lowest BCUT2D eigenvalue weighted by molar-refractivity contribution is 0.0876. The maximum atomic E-state index is 13.0. The molecule has 3 aromatic carbocycles. The minimum atomic E-state index is -0.352. The van der Waals surface area contributed by atoms with Gasteiger partial charge in [-0.3, -0.25) is 4.79 Å².